The van der Waals surface area contributed by atoms with Crippen LogP contribution in [0, 0.1) is 10.1 Å². The molecule has 1 aliphatic heterocycles. The fourth-order valence-corrected chi connectivity index (χ4v) is 4.27. The molecule has 4 rings (SSSR count). The molecule has 0 unspecified atom stereocenters. The van der Waals surface area contributed by atoms with Crippen LogP contribution >= 0.6 is 11.3 Å². The van der Waals surface area contributed by atoms with E-state index < -0.39 is 4.92 Å². The molecule has 0 spiro atoms. The number of nitrogen functional groups attached to an aromatic ring is 1. The average molecular weight is 436 g/mol. The molecule has 2 aromatic carbocycles. The van der Waals surface area contributed by atoms with E-state index in [1.165, 1.54) is 11.3 Å². The van der Waals surface area contributed by atoms with Gasteiger partial charge in [0.1, 0.15) is 0 Å². The smallest absolute Gasteiger partial charge is 0.284 e. The predicted octanol–water partition coefficient (Wildman–Crippen LogP) is 3.52. The van der Waals surface area contributed by atoms with Gasteiger partial charge in [-0.2, -0.15) is 0 Å². The maximum absolute atomic E-state index is 12.6. The van der Waals surface area contributed by atoms with Crippen molar-refractivity contribution in [1.29, 1.82) is 0 Å². The summed E-state index contributed by atoms with van der Waals surface area (Å²) < 4.78 is 0. The van der Waals surface area contributed by atoms with Crippen LogP contribution in [0.5, 0.6) is 0 Å². The maximum atomic E-state index is 12.6. The maximum Gasteiger partial charge on any atom is 0.284 e. The van der Waals surface area contributed by atoms with E-state index >= 15 is 0 Å². The van der Waals surface area contributed by atoms with Crippen molar-refractivity contribution in [2.45, 2.75) is 13.0 Å². The summed E-state index contributed by atoms with van der Waals surface area (Å²) in [4.78, 5) is 30.6. The molecule has 0 saturated carbocycles. The number of nitrogens with zero attached hydrogens (tertiary/aromatic N) is 3. The van der Waals surface area contributed by atoms with Gasteiger partial charge in [-0.25, -0.2) is 4.98 Å². The molecule has 0 aliphatic carbocycles. The number of carbonyl (C=O) groups is 1. The van der Waals surface area contributed by atoms with E-state index in [0.29, 0.717) is 41.7 Å². The molecule has 4 N–H and O–H groups in total. The molecule has 31 heavy (non-hydrogen) atoms. The molecule has 0 bridgehead atoms. The Morgan fingerprint density at radius 1 is 1.16 bits per heavy atom. The number of benzene rings is 2. The molecular weight excluding hydrogens is 416 g/mol. The lowest BCUT2D eigenvalue weighted by molar-refractivity contribution is -0.404. The number of aromatic nitrogens is 1. The van der Waals surface area contributed by atoms with Gasteiger partial charge < -0.3 is 21.3 Å². The normalized spacial score (nSPS) is 13.4. The van der Waals surface area contributed by atoms with Crippen LogP contribution in [0.3, 0.4) is 0 Å². The molecule has 10 heteroatoms. The molecular formula is C21H20N6O3S. The highest BCUT2D eigenvalue weighted by atomic mass is 32.1. The SMILES string of the molecule is Nc1ccccc1NC(=O)c1nc2c(s1)CN(C(=C[N+](=O)[O-])Nc1ccccc1)CC2. The van der Waals surface area contributed by atoms with Crippen molar-refractivity contribution in [3.63, 3.8) is 0 Å². The van der Waals surface area contributed by atoms with Crippen molar-refractivity contribution >= 4 is 34.3 Å². The number of thiazole rings is 1. The van der Waals surface area contributed by atoms with Gasteiger partial charge in [0.25, 0.3) is 12.1 Å². The summed E-state index contributed by atoms with van der Waals surface area (Å²) >= 11 is 1.28. The molecule has 1 aromatic heterocycles. The minimum Gasteiger partial charge on any atom is -0.397 e. The Morgan fingerprint density at radius 2 is 1.90 bits per heavy atom. The highest BCUT2D eigenvalue weighted by molar-refractivity contribution is 7.13. The number of para-hydroxylation sites is 3. The molecule has 158 valence electrons. The monoisotopic (exact) mass is 436 g/mol. The first-order valence-corrected chi connectivity index (χ1v) is 10.4. The minimum absolute atomic E-state index is 0.327. The Morgan fingerprint density at radius 3 is 2.65 bits per heavy atom. The second-order valence-corrected chi connectivity index (χ2v) is 7.98. The number of fused-ring (bicyclic) bond motifs is 1. The second kappa shape index (κ2) is 8.84. The van der Waals surface area contributed by atoms with Gasteiger partial charge in [-0.05, 0) is 24.3 Å². The van der Waals surface area contributed by atoms with E-state index in [0.717, 1.165) is 22.5 Å². The summed E-state index contributed by atoms with van der Waals surface area (Å²) in [6.45, 7) is 0.968. The van der Waals surface area contributed by atoms with E-state index in [4.69, 9.17) is 5.73 Å². The average Bonchev–Trinajstić information content (AvgIpc) is 3.19. The van der Waals surface area contributed by atoms with E-state index in [1.54, 1.807) is 24.3 Å². The topological polar surface area (TPSA) is 126 Å². The largest absolute Gasteiger partial charge is 0.397 e. The molecule has 2 heterocycles. The van der Waals surface area contributed by atoms with Crippen molar-refractivity contribution in [1.82, 2.24) is 9.88 Å². The number of anilines is 3. The van der Waals surface area contributed by atoms with Gasteiger partial charge in [-0.1, -0.05) is 30.3 Å². The van der Waals surface area contributed by atoms with Gasteiger partial charge in [0.2, 0.25) is 0 Å². The molecule has 1 amide bonds. The first-order chi connectivity index (χ1) is 15.0. The second-order valence-electron chi connectivity index (χ2n) is 6.89. The Hall–Kier alpha value is -3.92. The summed E-state index contributed by atoms with van der Waals surface area (Å²) in [6.07, 6.45) is 1.54. The molecule has 1 aliphatic rings. The zero-order chi connectivity index (χ0) is 21.8. The lowest BCUT2D eigenvalue weighted by Gasteiger charge is -2.29. The van der Waals surface area contributed by atoms with E-state index in [2.05, 4.69) is 15.6 Å². The highest BCUT2D eigenvalue weighted by Crippen LogP contribution is 2.28. The molecule has 0 saturated heterocycles. The molecule has 0 fully saturated rings. The first-order valence-electron chi connectivity index (χ1n) is 9.56. The van der Waals surface area contributed by atoms with Crippen LogP contribution in [-0.2, 0) is 13.0 Å². The van der Waals surface area contributed by atoms with Crippen LogP contribution in [0.4, 0.5) is 17.1 Å². The fraction of sp³-hybridized carbons (Fsp3) is 0.143. The molecule has 3 aromatic rings. The summed E-state index contributed by atoms with van der Waals surface area (Å²) in [5.74, 6) is 0.0608. The Labute approximate surface area is 182 Å². The number of hydrogen-bond acceptors (Lipinski definition) is 8. The third-order valence-corrected chi connectivity index (χ3v) is 5.83. The van der Waals surface area contributed by atoms with Crippen molar-refractivity contribution in [3.05, 3.63) is 92.3 Å². The zero-order valence-corrected chi connectivity index (χ0v) is 17.3. The lowest BCUT2D eigenvalue weighted by atomic mass is 10.2. The number of nitrogens with two attached hydrogens (primary N) is 1. The van der Waals surface area contributed by atoms with Crippen molar-refractivity contribution in [2.75, 3.05) is 22.9 Å². The van der Waals surface area contributed by atoms with Crippen LogP contribution in [0.1, 0.15) is 20.4 Å². The number of hydrogen-bond donors (Lipinski definition) is 3. The van der Waals surface area contributed by atoms with Gasteiger partial charge in [0.05, 0.1) is 28.5 Å². The lowest BCUT2D eigenvalue weighted by Crippen LogP contribution is -2.33. The third-order valence-electron chi connectivity index (χ3n) is 4.75. The van der Waals surface area contributed by atoms with Crippen LogP contribution in [0.2, 0.25) is 0 Å². The van der Waals surface area contributed by atoms with Gasteiger partial charge in [0, 0.05) is 23.5 Å². The van der Waals surface area contributed by atoms with Gasteiger partial charge in [0.15, 0.2) is 10.8 Å². The van der Waals surface area contributed by atoms with Gasteiger partial charge in [-0.15, -0.1) is 11.3 Å². The first kappa shape index (κ1) is 20.4. The number of nitro groups is 1. The molecule has 0 atom stereocenters. The van der Waals surface area contributed by atoms with E-state index in [1.807, 2.05) is 35.2 Å². The van der Waals surface area contributed by atoms with Crippen LogP contribution in [-0.4, -0.2) is 27.3 Å². The summed E-state index contributed by atoms with van der Waals surface area (Å²) in [5, 5.41) is 17.4. The summed E-state index contributed by atoms with van der Waals surface area (Å²) in [7, 11) is 0. The van der Waals surface area contributed by atoms with Crippen LogP contribution in [0.25, 0.3) is 0 Å². The molecule has 9 nitrogen and oxygen atoms in total. The van der Waals surface area contributed by atoms with E-state index in [-0.39, 0.29) is 5.91 Å². The standard InChI is InChI=1S/C21H20N6O3S/c22-15-8-4-5-9-16(15)24-20(28)21-25-17-10-11-26(12-18(17)31-21)19(13-27(29)30)23-14-6-2-1-3-7-14/h1-9,13,23H,10-12,22H2,(H,24,28). The number of rotatable bonds is 6. The van der Waals surface area contributed by atoms with Crippen LogP contribution in [0.15, 0.2) is 66.6 Å². The van der Waals surface area contributed by atoms with E-state index in [9.17, 15) is 14.9 Å². The van der Waals surface area contributed by atoms with Crippen LogP contribution < -0.4 is 16.4 Å². The summed E-state index contributed by atoms with van der Waals surface area (Å²) in [6, 6.07) is 16.3. The van der Waals surface area contributed by atoms with Gasteiger partial charge in [-0.3, -0.25) is 14.9 Å². The predicted molar refractivity (Wildman–Crippen MR) is 120 cm³/mol. The Bertz CT molecular complexity index is 1150. The Kier molecular flexibility index (Phi) is 5.80. The van der Waals surface area contributed by atoms with Crippen molar-refractivity contribution < 1.29 is 9.72 Å². The fourth-order valence-electron chi connectivity index (χ4n) is 3.25. The Balaban J connectivity index is 1.51. The van der Waals surface area contributed by atoms with Crippen molar-refractivity contribution in [3.8, 4) is 0 Å². The number of amides is 1. The van der Waals surface area contributed by atoms with Crippen molar-refractivity contribution in [2.24, 2.45) is 0 Å². The molecule has 0 radical (unpaired) electrons. The zero-order valence-electron chi connectivity index (χ0n) is 16.4. The third kappa shape index (κ3) is 4.81. The highest BCUT2D eigenvalue weighted by Gasteiger charge is 2.26. The minimum atomic E-state index is -0.476. The quantitative estimate of drug-likeness (QED) is 0.306. The number of nitrogens with one attached hydrogen (secondary N) is 2. The summed E-state index contributed by atoms with van der Waals surface area (Å²) in [5.41, 5.74) is 8.50. The number of carbonyl (C=O) groups excluding carboxylic acids is 1. The van der Waals surface area contributed by atoms with Gasteiger partial charge >= 0.3 is 0 Å².